The van der Waals surface area contributed by atoms with Crippen LogP contribution in [-0.2, 0) is 4.74 Å². The van der Waals surface area contributed by atoms with Gasteiger partial charge in [0.25, 0.3) is 5.91 Å². The molecule has 0 aliphatic heterocycles. The minimum atomic E-state index is -0.301. The molecule has 1 atom stereocenters. The van der Waals surface area contributed by atoms with Gasteiger partial charge in [0.2, 0.25) is 0 Å². The van der Waals surface area contributed by atoms with E-state index < -0.39 is 0 Å². The molecule has 0 aliphatic carbocycles. The van der Waals surface area contributed by atoms with Crippen LogP contribution in [0.15, 0.2) is 24.3 Å². The molecule has 0 aliphatic rings. The molecule has 0 spiro atoms. The van der Waals surface area contributed by atoms with Crippen molar-refractivity contribution in [3.63, 3.8) is 0 Å². The van der Waals surface area contributed by atoms with Gasteiger partial charge < -0.3 is 15.2 Å². The summed E-state index contributed by atoms with van der Waals surface area (Å²) in [6.07, 6.45) is 0.620. The number of para-hydroxylation sites is 1. The van der Waals surface area contributed by atoms with Gasteiger partial charge in [0.1, 0.15) is 5.75 Å². The zero-order valence-corrected chi connectivity index (χ0v) is 10.4. The Kier molecular flexibility index (Phi) is 5.80. The van der Waals surface area contributed by atoms with E-state index in [1.165, 1.54) is 6.07 Å². The quantitative estimate of drug-likeness (QED) is 0.764. The Morgan fingerprint density at radius 2 is 2.24 bits per heavy atom. The maximum atomic E-state index is 11.7. The van der Waals surface area contributed by atoms with Crippen molar-refractivity contribution in [3.05, 3.63) is 29.8 Å². The Morgan fingerprint density at radius 1 is 1.53 bits per heavy atom. The van der Waals surface area contributed by atoms with Gasteiger partial charge in [-0.15, -0.1) is 11.6 Å². The van der Waals surface area contributed by atoms with Crippen molar-refractivity contribution < 1.29 is 14.6 Å². The van der Waals surface area contributed by atoms with E-state index in [2.05, 4.69) is 5.32 Å². The number of rotatable bonds is 6. The monoisotopic (exact) mass is 257 g/mol. The highest BCUT2D eigenvalue weighted by Crippen LogP contribution is 2.15. The predicted octanol–water partition coefficient (Wildman–Crippen LogP) is 1.77. The van der Waals surface area contributed by atoms with E-state index in [1.54, 1.807) is 25.3 Å². The number of methoxy groups -OCH3 is 1. The van der Waals surface area contributed by atoms with Crippen LogP contribution >= 0.6 is 11.6 Å². The van der Waals surface area contributed by atoms with Crippen molar-refractivity contribution in [2.75, 3.05) is 20.3 Å². The number of phenols is 1. The van der Waals surface area contributed by atoms with E-state index in [9.17, 15) is 9.90 Å². The number of carbonyl (C=O) groups excluding carboxylic acids is 1. The number of aromatic hydroxyl groups is 1. The third kappa shape index (κ3) is 4.63. The number of nitrogens with one attached hydrogen (secondary N) is 1. The van der Waals surface area contributed by atoms with E-state index in [0.717, 1.165) is 0 Å². The Labute approximate surface area is 106 Å². The fraction of sp³-hybridized carbons (Fsp3) is 0.417. The second-order valence-corrected chi connectivity index (χ2v) is 4.23. The van der Waals surface area contributed by atoms with Crippen molar-refractivity contribution in [2.24, 2.45) is 0 Å². The minimum Gasteiger partial charge on any atom is -0.507 e. The SMILES string of the molecule is COCC(Cl)CCNC(=O)c1ccccc1O. The summed E-state index contributed by atoms with van der Waals surface area (Å²) in [5, 5.41) is 12.0. The second kappa shape index (κ2) is 7.14. The van der Waals surface area contributed by atoms with Gasteiger partial charge in [0.15, 0.2) is 0 Å². The van der Waals surface area contributed by atoms with Gasteiger partial charge in [-0.05, 0) is 18.6 Å². The minimum absolute atomic E-state index is 0.0238. The molecule has 1 unspecified atom stereocenters. The third-order valence-corrected chi connectivity index (χ3v) is 2.58. The zero-order valence-electron chi connectivity index (χ0n) is 9.65. The van der Waals surface area contributed by atoms with Crippen LogP contribution in [0.3, 0.4) is 0 Å². The first kappa shape index (κ1) is 13.8. The molecular weight excluding hydrogens is 242 g/mol. The summed E-state index contributed by atoms with van der Waals surface area (Å²) in [7, 11) is 1.58. The van der Waals surface area contributed by atoms with Crippen LogP contribution in [0.1, 0.15) is 16.8 Å². The van der Waals surface area contributed by atoms with Gasteiger partial charge in [-0.3, -0.25) is 4.79 Å². The molecule has 2 N–H and O–H groups in total. The summed E-state index contributed by atoms with van der Waals surface area (Å²) in [5.74, 6) is -0.325. The van der Waals surface area contributed by atoms with Crippen LogP contribution < -0.4 is 5.32 Å². The Balaban J connectivity index is 2.38. The fourth-order valence-electron chi connectivity index (χ4n) is 1.37. The Morgan fingerprint density at radius 3 is 2.88 bits per heavy atom. The van der Waals surface area contributed by atoms with Crippen LogP contribution in [0.2, 0.25) is 0 Å². The lowest BCUT2D eigenvalue weighted by Gasteiger charge is -2.09. The van der Waals surface area contributed by atoms with Crippen molar-refractivity contribution in [1.29, 1.82) is 0 Å². The molecule has 0 saturated heterocycles. The Hall–Kier alpha value is -1.26. The van der Waals surface area contributed by atoms with Crippen LogP contribution in [-0.4, -0.2) is 36.7 Å². The van der Waals surface area contributed by atoms with Gasteiger partial charge in [0.05, 0.1) is 17.5 Å². The average molecular weight is 258 g/mol. The van der Waals surface area contributed by atoms with Crippen LogP contribution in [0.4, 0.5) is 0 Å². The molecule has 4 nitrogen and oxygen atoms in total. The molecule has 1 amide bonds. The van der Waals surface area contributed by atoms with Gasteiger partial charge >= 0.3 is 0 Å². The number of halogens is 1. The molecule has 17 heavy (non-hydrogen) atoms. The highest BCUT2D eigenvalue weighted by molar-refractivity contribution is 6.20. The standard InChI is InChI=1S/C12H16ClNO3/c1-17-8-9(13)6-7-14-12(16)10-4-2-3-5-11(10)15/h2-5,9,15H,6-8H2,1H3,(H,14,16). The van der Waals surface area contributed by atoms with E-state index >= 15 is 0 Å². The van der Waals surface area contributed by atoms with Gasteiger partial charge in [-0.25, -0.2) is 0 Å². The molecule has 1 rings (SSSR count). The lowest BCUT2D eigenvalue weighted by molar-refractivity contribution is 0.0949. The van der Waals surface area contributed by atoms with E-state index in [4.69, 9.17) is 16.3 Å². The van der Waals surface area contributed by atoms with Crippen LogP contribution in [0.25, 0.3) is 0 Å². The van der Waals surface area contributed by atoms with Gasteiger partial charge in [-0.2, -0.15) is 0 Å². The summed E-state index contributed by atoms with van der Waals surface area (Å²) >= 11 is 5.92. The van der Waals surface area contributed by atoms with Crippen molar-refractivity contribution in [2.45, 2.75) is 11.8 Å². The van der Waals surface area contributed by atoms with Crippen molar-refractivity contribution >= 4 is 17.5 Å². The predicted molar refractivity (Wildman–Crippen MR) is 66.6 cm³/mol. The largest absolute Gasteiger partial charge is 0.507 e. The summed E-state index contributed by atoms with van der Waals surface area (Å²) in [6, 6.07) is 6.41. The lowest BCUT2D eigenvalue weighted by atomic mass is 10.2. The molecular formula is C12H16ClNO3. The van der Waals surface area contributed by atoms with E-state index in [0.29, 0.717) is 19.6 Å². The lowest BCUT2D eigenvalue weighted by Crippen LogP contribution is -2.27. The van der Waals surface area contributed by atoms with Crippen molar-refractivity contribution in [3.8, 4) is 5.75 Å². The number of hydrogen-bond acceptors (Lipinski definition) is 3. The molecule has 0 saturated carbocycles. The first-order chi connectivity index (χ1) is 8.15. The van der Waals surface area contributed by atoms with Crippen molar-refractivity contribution in [1.82, 2.24) is 5.32 Å². The van der Waals surface area contributed by atoms with Crippen LogP contribution in [0.5, 0.6) is 5.75 Å². The highest BCUT2D eigenvalue weighted by atomic mass is 35.5. The molecule has 1 aromatic carbocycles. The number of phenolic OH excluding ortho intramolecular Hbond substituents is 1. The summed E-state index contributed by atoms with van der Waals surface area (Å²) < 4.78 is 4.88. The molecule has 94 valence electrons. The summed E-state index contributed by atoms with van der Waals surface area (Å²) in [6.45, 7) is 0.901. The second-order valence-electron chi connectivity index (χ2n) is 3.61. The maximum Gasteiger partial charge on any atom is 0.255 e. The summed E-state index contributed by atoms with van der Waals surface area (Å²) in [4.78, 5) is 11.7. The maximum absolute atomic E-state index is 11.7. The zero-order chi connectivity index (χ0) is 12.7. The molecule has 5 heteroatoms. The molecule has 0 fully saturated rings. The molecule has 0 radical (unpaired) electrons. The van der Waals surface area contributed by atoms with Crippen LogP contribution in [0, 0.1) is 0 Å². The number of benzene rings is 1. The average Bonchev–Trinajstić information content (AvgIpc) is 2.29. The number of amides is 1. The smallest absolute Gasteiger partial charge is 0.255 e. The number of alkyl halides is 1. The van der Waals surface area contributed by atoms with E-state index in [-0.39, 0.29) is 22.6 Å². The Bertz CT molecular complexity index is 371. The fourth-order valence-corrected chi connectivity index (χ4v) is 1.60. The third-order valence-electron chi connectivity index (χ3n) is 2.24. The highest BCUT2D eigenvalue weighted by Gasteiger charge is 2.10. The van der Waals surface area contributed by atoms with E-state index in [1.807, 2.05) is 0 Å². The molecule has 1 aromatic rings. The number of hydrogen-bond donors (Lipinski definition) is 2. The molecule has 0 aromatic heterocycles. The number of ether oxygens (including phenoxy) is 1. The van der Waals surface area contributed by atoms with Gasteiger partial charge in [0, 0.05) is 13.7 Å². The molecule has 0 heterocycles. The first-order valence-corrected chi connectivity index (χ1v) is 5.78. The molecule has 0 bridgehead atoms. The van der Waals surface area contributed by atoms with Gasteiger partial charge in [-0.1, -0.05) is 12.1 Å². The first-order valence-electron chi connectivity index (χ1n) is 5.34. The summed E-state index contributed by atoms with van der Waals surface area (Å²) in [5.41, 5.74) is 0.269. The number of carbonyl (C=O) groups is 1. The topological polar surface area (TPSA) is 58.6 Å². The normalized spacial score (nSPS) is 12.1.